The van der Waals surface area contributed by atoms with Crippen molar-refractivity contribution in [3.63, 3.8) is 0 Å². The van der Waals surface area contributed by atoms with E-state index in [1.165, 1.54) is 22.3 Å². The quantitative estimate of drug-likeness (QED) is 0.464. The topological polar surface area (TPSA) is 0 Å². The minimum Gasteiger partial charge on any atom is -0.151 e. The van der Waals surface area contributed by atoms with Crippen LogP contribution in [0.4, 0.5) is 0 Å². The molecule has 0 unspecified atom stereocenters. The summed E-state index contributed by atoms with van der Waals surface area (Å²) in [4.78, 5) is 0. The zero-order valence-electron chi connectivity index (χ0n) is 7.51. The maximum Gasteiger partial charge on any atom is -0.000969 e. The Morgan fingerprint density at radius 3 is 0.929 bits per heavy atom. The van der Waals surface area contributed by atoms with Crippen molar-refractivity contribution < 1.29 is 0 Å². The van der Waals surface area contributed by atoms with Gasteiger partial charge < -0.3 is 0 Å². The molecule has 0 nitrogen and oxygen atoms in total. The van der Waals surface area contributed by atoms with Gasteiger partial charge in [-0.2, -0.15) is 50.5 Å². The first-order valence-electron chi connectivity index (χ1n) is 4.10. The predicted molar refractivity (Wildman–Crippen MR) is 77.5 cm³/mol. The van der Waals surface area contributed by atoms with Gasteiger partial charge in [0.15, 0.2) is 0 Å². The van der Waals surface area contributed by atoms with Crippen molar-refractivity contribution in [2.24, 2.45) is 0 Å². The Bertz CT molecular complexity index is 268. The molecule has 0 aliphatic heterocycles. The monoisotopic (exact) mass is 260 g/mol. The van der Waals surface area contributed by atoms with E-state index >= 15 is 0 Å². The third kappa shape index (κ3) is 2.69. The van der Waals surface area contributed by atoms with Crippen molar-refractivity contribution in [2.75, 3.05) is 0 Å². The lowest BCUT2D eigenvalue weighted by Gasteiger charge is -2.22. The molecule has 0 saturated heterocycles. The zero-order chi connectivity index (χ0) is 10.6. The highest BCUT2D eigenvalue weighted by Crippen LogP contribution is 2.37. The van der Waals surface area contributed by atoms with E-state index in [1.54, 1.807) is 0 Å². The molecule has 0 aromatic heterocycles. The second-order valence-corrected chi connectivity index (χ2v) is 4.00. The van der Waals surface area contributed by atoms with Crippen molar-refractivity contribution in [1.29, 1.82) is 0 Å². The van der Waals surface area contributed by atoms with Crippen LogP contribution in [0.15, 0.2) is 43.9 Å². The van der Waals surface area contributed by atoms with Crippen LogP contribution >= 0.6 is 50.5 Å². The molecular weight excluding hydrogens is 248 g/mol. The fourth-order valence-corrected chi connectivity index (χ4v) is 2.41. The number of hydrogen-bond acceptors (Lipinski definition) is 4. The van der Waals surface area contributed by atoms with Gasteiger partial charge in [-0.3, -0.25) is 0 Å². The summed E-state index contributed by atoms with van der Waals surface area (Å²) < 4.78 is 0. The summed E-state index contributed by atoms with van der Waals surface area (Å²) in [7, 11) is 0. The Morgan fingerprint density at radius 1 is 0.571 bits per heavy atom. The second kappa shape index (κ2) is 6.05. The fraction of sp³-hybridized carbons (Fsp3) is 0.200. The largest absolute Gasteiger partial charge is 0.151 e. The average Bonchev–Trinajstić information content (AvgIpc) is 2.26. The summed E-state index contributed by atoms with van der Waals surface area (Å²) in [6.45, 7) is 0. The highest BCUT2D eigenvalue weighted by Gasteiger charge is 2.18. The smallest absolute Gasteiger partial charge is 0.000969 e. The summed E-state index contributed by atoms with van der Waals surface area (Å²) in [5.74, 6) is 0. The van der Waals surface area contributed by atoms with Gasteiger partial charge in [-0.25, -0.2) is 0 Å². The standard InChI is InChI=1S/C10H12S4/c11-3-7-1-8(4-12)10(6-14)2-9(7)5-13/h3-6,11-14H,1-2H2. The second-order valence-electron chi connectivity index (χ2n) is 2.97. The van der Waals surface area contributed by atoms with Crippen LogP contribution < -0.4 is 0 Å². The fourth-order valence-electron chi connectivity index (χ4n) is 1.38. The van der Waals surface area contributed by atoms with Crippen LogP contribution in [0.25, 0.3) is 0 Å². The van der Waals surface area contributed by atoms with Crippen molar-refractivity contribution in [2.45, 2.75) is 12.8 Å². The van der Waals surface area contributed by atoms with Crippen LogP contribution in [0.1, 0.15) is 12.8 Å². The molecule has 1 rings (SSSR count). The van der Waals surface area contributed by atoms with Gasteiger partial charge in [0.1, 0.15) is 0 Å². The molecule has 0 aromatic carbocycles. The molecule has 0 N–H and O–H groups in total. The van der Waals surface area contributed by atoms with Crippen molar-refractivity contribution in [3.8, 4) is 0 Å². The normalized spacial score (nSPS) is 29.4. The molecular formula is C10H12S4. The van der Waals surface area contributed by atoms with E-state index in [0.717, 1.165) is 12.8 Å². The SMILES string of the molecule is SC=C1CC(=CS)C(=CS)CC1=CS. The molecule has 0 atom stereocenters. The molecule has 0 bridgehead atoms. The van der Waals surface area contributed by atoms with Gasteiger partial charge in [-0.05, 0) is 56.8 Å². The van der Waals surface area contributed by atoms with Crippen molar-refractivity contribution in [1.82, 2.24) is 0 Å². The molecule has 0 radical (unpaired) electrons. The molecule has 1 aliphatic carbocycles. The molecule has 0 heterocycles. The van der Waals surface area contributed by atoms with E-state index in [4.69, 9.17) is 0 Å². The molecule has 1 fully saturated rings. The molecule has 0 amide bonds. The van der Waals surface area contributed by atoms with Crippen LogP contribution in [0.3, 0.4) is 0 Å². The molecule has 76 valence electrons. The van der Waals surface area contributed by atoms with E-state index < -0.39 is 0 Å². The molecule has 1 saturated carbocycles. The Kier molecular flexibility index (Phi) is 5.38. The van der Waals surface area contributed by atoms with Gasteiger partial charge in [0.05, 0.1) is 0 Å². The predicted octanol–water partition coefficient (Wildman–Crippen LogP) is 4.04. The first-order chi connectivity index (χ1) is 6.76. The van der Waals surface area contributed by atoms with Crippen molar-refractivity contribution in [3.05, 3.63) is 43.9 Å². The van der Waals surface area contributed by atoms with E-state index in [1.807, 2.05) is 21.6 Å². The minimum atomic E-state index is 0.853. The average molecular weight is 260 g/mol. The van der Waals surface area contributed by atoms with E-state index in [0.29, 0.717) is 0 Å². The minimum absolute atomic E-state index is 0.853. The number of thiol groups is 4. The van der Waals surface area contributed by atoms with Crippen LogP contribution in [-0.2, 0) is 0 Å². The lowest BCUT2D eigenvalue weighted by Crippen LogP contribution is -2.04. The summed E-state index contributed by atoms with van der Waals surface area (Å²) in [6.07, 6.45) is 1.71. The van der Waals surface area contributed by atoms with Crippen LogP contribution in [0, 0.1) is 0 Å². The van der Waals surface area contributed by atoms with Crippen molar-refractivity contribution >= 4 is 50.5 Å². The third-order valence-corrected chi connectivity index (χ3v) is 3.46. The number of rotatable bonds is 0. The first-order valence-corrected chi connectivity index (χ1v) is 6.17. The highest BCUT2D eigenvalue weighted by atomic mass is 32.1. The zero-order valence-corrected chi connectivity index (χ0v) is 11.1. The van der Waals surface area contributed by atoms with Gasteiger partial charge >= 0.3 is 0 Å². The van der Waals surface area contributed by atoms with E-state index in [9.17, 15) is 0 Å². The molecule has 0 aromatic rings. The lowest BCUT2D eigenvalue weighted by molar-refractivity contribution is 0.986. The third-order valence-electron chi connectivity index (χ3n) is 2.21. The molecule has 1 aliphatic rings. The Balaban J connectivity index is 3.05. The summed E-state index contributed by atoms with van der Waals surface area (Å²) >= 11 is 16.8. The van der Waals surface area contributed by atoms with Gasteiger partial charge in [-0.1, -0.05) is 0 Å². The number of hydrogen-bond donors (Lipinski definition) is 4. The molecule has 0 spiro atoms. The van der Waals surface area contributed by atoms with Crippen LogP contribution in [0.2, 0.25) is 0 Å². The van der Waals surface area contributed by atoms with E-state index in [-0.39, 0.29) is 0 Å². The summed E-state index contributed by atoms with van der Waals surface area (Å²) in [5, 5.41) is 7.31. The molecule has 4 heteroatoms. The maximum absolute atomic E-state index is 4.19. The first kappa shape index (κ1) is 12.4. The Hall–Kier alpha value is 0.360. The van der Waals surface area contributed by atoms with E-state index in [2.05, 4.69) is 50.5 Å². The Labute approximate surface area is 107 Å². The van der Waals surface area contributed by atoms with Gasteiger partial charge in [0, 0.05) is 0 Å². The van der Waals surface area contributed by atoms with Gasteiger partial charge in [0.2, 0.25) is 0 Å². The van der Waals surface area contributed by atoms with Gasteiger partial charge in [0.25, 0.3) is 0 Å². The summed E-state index contributed by atoms with van der Waals surface area (Å²) in [6, 6.07) is 0. The lowest BCUT2D eigenvalue weighted by atomic mass is 9.85. The maximum atomic E-state index is 4.19. The Morgan fingerprint density at radius 2 is 0.786 bits per heavy atom. The highest BCUT2D eigenvalue weighted by molar-refractivity contribution is 7.84. The summed E-state index contributed by atoms with van der Waals surface area (Å²) in [5.41, 5.74) is 4.79. The number of allylic oxidation sites excluding steroid dienone is 4. The van der Waals surface area contributed by atoms with Gasteiger partial charge in [-0.15, -0.1) is 0 Å². The van der Waals surface area contributed by atoms with Crippen LogP contribution in [0.5, 0.6) is 0 Å². The van der Waals surface area contributed by atoms with Crippen LogP contribution in [-0.4, -0.2) is 0 Å². The molecule has 14 heavy (non-hydrogen) atoms.